The Labute approximate surface area is 63.1 Å². The quantitative estimate of drug-likeness (QED) is 0.405. The van der Waals surface area contributed by atoms with Crippen molar-refractivity contribution >= 4 is 19.9 Å². The summed E-state index contributed by atoms with van der Waals surface area (Å²) in [5.74, 6) is 0. The first-order valence-electron chi connectivity index (χ1n) is 3.16. The highest BCUT2D eigenvalue weighted by Gasteiger charge is 2.11. The van der Waals surface area contributed by atoms with E-state index in [1.807, 2.05) is 0 Å². The largest absolute Gasteiger partial charge is 0.175 e. The van der Waals surface area contributed by atoms with E-state index in [1.165, 1.54) is 11.1 Å². The Morgan fingerprint density at radius 2 is 2.22 bits per heavy atom. The van der Waals surface area contributed by atoms with Crippen LogP contribution in [-0.4, -0.2) is 8.83 Å². The minimum absolute atomic E-state index is 0.361. The Bertz CT molecular complexity index is 170. The molecule has 50 valence electrons. The molecule has 0 fully saturated rings. The van der Waals surface area contributed by atoms with E-state index >= 15 is 0 Å². The number of allylic oxidation sites excluding steroid dienone is 4. The Kier molecular flexibility index (Phi) is 2.14. The molecule has 1 aliphatic carbocycles. The summed E-state index contributed by atoms with van der Waals surface area (Å²) in [6, 6.07) is 0. The summed E-state index contributed by atoms with van der Waals surface area (Å²) < 4.78 is 0. The molecule has 0 heterocycles. The van der Waals surface area contributed by atoms with Crippen LogP contribution in [0.3, 0.4) is 0 Å². The molecular formula is C7H11ClSi. The zero-order valence-electron chi connectivity index (χ0n) is 5.82. The maximum absolute atomic E-state index is 5.82. The van der Waals surface area contributed by atoms with Crippen LogP contribution < -0.4 is 0 Å². The van der Waals surface area contributed by atoms with E-state index < -0.39 is 0 Å². The van der Waals surface area contributed by atoms with Gasteiger partial charge in [-0.1, -0.05) is 23.3 Å². The standard InChI is InChI=1S/C7H11ClSi/c1-5-3-6(2)7(4-5)9-8/h3-4,7H,9H2,1-2H3. The molecule has 0 aliphatic heterocycles. The van der Waals surface area contributed by atoms with Gasteiger partial charge in [0, 0.05) is 5.54 Å². The zero-order chi connectivity index (χ0) is 6.85. The van der Waals surface area contributed by atoms with Gasteiger partial charge in [0.25, 0.3) is 0 Å². The van der Waals surface area contributed by atoms with Gasteiger partial charge < -0.3 is 0 Å². The summed E-state index contributed by atoms with van der Waals surface area (Å²) in [4.78, 5) is 0. The lowest BCUT2D eigenvalue weighted by molar-refractivity contribution is 1.23. The molecule has 0 N–H and O–H groups in total. The van der Waals surface area contributed by atoms with Crippen molar-refractivity contribution in [2.75, 3.05) is 0 Å². The molecular weight excluding hydrogens is 148 g/mol. The van der Waals surface area contributed by atoms with Gasteiger partial charge in [0.1, 0.15) is 8.83 Å². The van der Waals surface area contributed by atoms with Crippen LogP contribution in [0.15, 0.2) is 23.3 Å². The van der Waals surface area contributed by atoms with Crippen LogP contribution in [0.5, 0.6) is 0 Å². The van der Waals surface area contributed by atoms with Crippen LogP contribution in [0, 0.1) is 0 Å². The fraction of sp³-hybridized carbons (Fsp3) is 0.429. The van der Waals surface area contributed by atoms with Crippen LogP contribution in [-0.2, 0) is 0 Å². The molecule has 0 saturated heterocycles. The third kappa shape index (κ3) is 1.46. The molecule has 0 aromatic heterocycles. The highest BCUT2D eigenvalue weighted by Crippen LogP contribution is 2.28. The summed E-state index contributed by atoms with van der Waals surface area (Å²) in [6.45, 7) is 4.29. The normalized spacial score (nSPS) is 27.2. The van der Waals surface area contributed by atoms with E-state index in [0.29, 0.717) is 5.54 Å². The Morgan fingerprint density at radius 1 is 1.56 bits per heavy atom. The van der Waals surface area contributed by atoms with Crippen molar-refractivity contribution in [2.45, 2.75) is 19.4 Å². The molecule has 9 heavy (non-hydrogen) atoms. The van der Waals surface area contributed by atoms with Crippen molar-refractivity contribution in [1.82, 2.24) is 0 Å². The molecule has 1 unspecified atom stereocenters. The van der Waals surface area contributed by atoms with Crippen molar-refractivity contribution in [1.29, 1.82) is 0 Å². The summed E-state index contributed by atoms with van der Waals surface area (Å²) in [5.41, 5.74) is 3.48. The molecule has 0 aromatic carbocycles. The molecule has 2 heteroatoms. The fourth-order valence-electron chi connectivity index (χ4n) is 1.13. The molecule has 0 saturated carbocycles. The molecule has 0 aromatic rings. The molecule has 0 amide bonds. The maximum Gasteiger partial charge on any atom is 0.136 e. The maximum atomic E-state index is 5.82. The van der Waals surface area contributed by atoms with Gasteiger partial charge in [-0.25, -0.2) is 0 Å². The van der Waals surface area contributed by atoms with Crippen LogP contribution in [0.2, 0.25) is 5.54 Å². The fourth-order valence-corrected chi connectivity index (χ4v) is 2.95. The van der Waals surface area contributed by atoms with Gasteiger partial charge in [0.05, 0.1) is 0 Å². The van der Waals surface area contributed by atoms with E-state index in [2.05, 4.69) is 26.0 Å². The van der Waals surface area contributed by atoms with Crippen LogP contribution >= 0.6 is 11.1 Å². The van der Waals surface area contributed by atoms with E-state index in [9.17, 15) is 0 Å². The number of hydrogen-bond acceptors (Lipinski definition) is 0. The van der Waals surface area contributed by atoms with Crippen LogP contribution in [0.4, 0.5) is 0 Å². The number of halogens is 1. The molecule has 1 aliphatic rings. The van der Waals surface area contributed by atoms with Crippen LogP contribution in [0.1, 0.15) is 13.8 Å². The highest BCUT2D eigenvalue weighted by molar-refractivity contribution is 6.95. The van der Waals surface area contributed by atoms with Crippen molar-refractivity contribution in [3.05, 3.63) is 23.3 Å². The van der Waals surface area contributed by atoms with Gasteiger partial charge in [0.2, 0.25) is 0 Å². The van der Waals surface area contributed by atoms with Gasteiger partial charge in [-0.2, -0.15) is 11.1 Å². The van der Waals surface area contributed by atoms with E-state index in [-0.39, 0.29) is 8.83 Å². The summed E-state index contributed by atoms with van der Waals surface area (Å²) in [5, 5.41) is 0. The van der Waals surface area contributed by atoms with E-state index in [4.69, 9.17) is 11.1 Å². The van der Waals surface area contributed by atoms with E-state index in [1.54, 1.807) is 0 Å². The lowest BCUT2D eigenvalue weighted by Crippen LogP contribution is -1.91. The Morgan fingerprint density at radius 3 is 2.44 bits per heavy atom. The first kappa shape index (κ1) is 7.10. The number of hydrogen-bond donors (Lipinski definition) is 0. The Hall–Kier alpha value is -0.0131. The van der Waals surface area contributed by atoms with E-state index in [0.717, 1.165) is 0 Å². The molecule has 0 nitrogen and oxygen atoms in total. The zero-order valence-corrected chi connectivity index (χ0v) is 7.99. The second-order valence-electron chi connectivity index (χ2n) is 2.56. The minimum Gasteiger partial charge on any atom is -0.175 e. The molecule has 0 radical (unpaired) electrons. The summed E-state index contributed by atoms with van der Waals surface area (Å²) >= 11 is 5.82. The van der Waals surface area contributed by atoms with Gasteiger partial charge in [0.15, 0.2) is 0 Å². The lowest BCUT2D eigenvalue weighted by Gasteiger charge is -2.00. The monoisotopic (exact) mass is 158 g/mol. The summed E-state index contributed by atoms with van der Waals surface area (Å²) in [7, 11) is -0.361. The van der Waals surface area contributed by atoms with Crippen molar-refractivity contribution < 1.29 is 0 Å². The van der Waals surface area contributed by atoms with Gasteiger partial charge >= 0.3 is 0 Å². The smallest absolute Gasteiger partial charge is 0.136 e. The first-order chi connectivity index (χ1) is 4.24. The highest BCUT2D eigenvalue weighted by atomic mass is 35.6. The predicted molar refractivity (Wildman–Crippen MR) is 45.7 cm³/mol. The SMILES string of the molecule is CC1=CC([SiH2]Cl)C(C)=C1. The summed E-state index contributed by atoms with van der Waals surface area (Å²) in [6.07, 6.45) is 4.49. The number of rotatable bonds is 1. The average molecular weight is 159 g/mol. The second kappa shape index (κ2) is 2.71. The first-order valence-corrected chi connectivity index (χ1v) is 6.12. The molecule has 0 bridgehead atoms. The molecule has 1 rings (SSSR count). The Balaban J connectivity index is 2.70. The third-order valence-corrected chi connectivity index (χ3v) is 3.88. The van der Waals surface area contributed by atoms with Gasteiger partial charge in [-0.15, -0.1) is 0 Å². The van der Waals surface area contributed by atoms with Crippen molar-refractivity contribution in [3.63, 3.8) is 0 Å². The van der Waals surface area contributed by atoms with Crippen LogP contribution in [0.25, 0.3) is 0 Å². The van der Waals surface area contributed by atoms with Crippen molar-refractivity contribution in [2.24, 2.45) is 0 Å². The second-order valence-corrected chi connectivity index (χ2v) is 4.67. The van der Waals surface area contributed by atoms with Gasteiger partial charge in [-0.05, 0) is 13.8 Å². The predicted octanol–water partition coefficient (Wildman–Crippen LogP) is 2.00. The van der Waals surface area contributed by atoms with Gasteiger partial charge in [-0.3, -0.25) is 0 Å². The lowest BCUT2D eigenvalue weighted by atomic mass is 10.3. The molecule has 1 atom stereocenters. The van der Waals surface area contributed by atoms with Crippen molar-refractivity contribution in [3.8, 4) is 0 Å². The average Bonchev–Trinajstić information content (AvgIpc) is 2.10. The minimum atomic E-state index is -0.361. The third-order valence-electron chi connectivity index (χ3n) is 1.67. The molecule has 0 spiro atoms. The topological polar surface area (TPSA) is 0 Å².